The van der Waals surface area contributed by atoms with Gasteiger partial charge in [-0.25, -0.2) is 9.59 Å². The molecule has 0 aromatic carbocycles. The molecule has 0 atom stereocenters. The van der Waals surface area contributed by atoms with E-state index in [1.165, 1.54) is 0 Å². The average Bonchev–Trinajstić information content (AvgIpc) is 2.41. The van der Waals surface area contributed by atoms with Gasteiger partial charge in [0, 0.05) is 5.57 Å². The number of rotatable bonds is 9. The van der Waals surface area contributed by atoms with E-state index in [2.05, 4.69) is 0 Å². The van der Waals surface area contributed by atoms with Crippen molar-refractivity contribution < 1.29 is 19.1 Å². The Kier molecular flexibility index (Phi) is 9.77. The summed E-state index contributed by atoms with van der Waals surface area (Å²) in [4.78, 5) is 24.3. The Labute approximate surface area is 122 Å². The molecule has 0 saturated carbocycles. The Morgan fingerprint density at radius 2 is 1.35 bits per heavy atom. The van der Waals surface area contributed by atoms with E-state index < -0.39 is 5.97 Å². The number of carbonyl (C=O) groups excluding carboxylic acids is 2. The zero-order valence-electron chi connectivity index (χ0n) is 13.5. The summed E-state index contributed by atoms with van der Waals surface area (Å²) in [6.45, 7) is 10.4. The molecule has 116 valence electrons. The fourth-order valence-electron chi connectivity index (χ4n) is 1.86. The summed E-state index contributed by atoms with van der Waals surface area (Å²) in [7, 11) is 0. The van der Waals surface area contributed by atoms with E-state index in [9.17, 15) is 9.59 Å². The Morgan fingerprint density at radius 3 is 1.75 bits per heavy atom. The van der Waals surface area contributed by atoms with Crippen LogP contribution < -0.4 is 0 Å². The van der Waals surface area contributed by atoms with E-state index in [-0.39, 0.29) is 11.9 Å². The van der Waals surface area contributed by atoms with E-state index >= 15 is 0 Å². The van der Waals surface area contributed by atoms with E-state index in [0.29, 0.717) is 30.8 Å². The normalized spacial score (nSPS) is 12.1. The van der Waals surface area contributed by atoms with Crippen molar-refractivity contribution in [2.24, 2.45) is 5.92 Å². The van der Waals surface area contributed by atoms with Gasteiger partial charge in [-0.05, 0) is 25.2 Å². The predicted octanol–water partition coefficient (Wildman–Crippen LogP) is 3.65. The Hall–Kier alpha value is -1.32. The summed E-state index contributed by atoms with van der Waals surface area (Å²) in [5, 5.41) is 0. The highest BCUT2D eigenvalue weighted by molar-refractivity contribution is 6.00. The molecule has 0 unspecified atom stereocenters. The quantitative estimate of drug-likeness (QED) is 0.479. The maximum absolute atomic E-state index is 12.2. The highest BCUT2D eigenvalue weighted by Gasteiger charge is 2.25. The molecule has 0 amide bonds. The van der Waals surface area contributed by atoms with Gasteiger partial charge < -0.3 is 9.47 Å². The largest absolute Gasteiger partial charge is 0.462 e. The van der Waals surface area contributed by atoms with Crippen molar-refractivity contribution in [3.8, 4) is 0 Å². The van der Waals surface area contributed by atoms with Gasteiger partial charge in [0.15, 0.2) is 0 Å². The Balaban J connectivity index is 5.31. The highest BCUT2D eigenvalue weighted by atomic mass is 16.5. The van der Waals surface area contributed by atoms with Crippen LogP contribution in [0.1, 0.15) is 60.3 Å². The van der Waals surface area contributed by atoms with Gasteiger partial charge in [0.05, 0.1) is 18.8 Å². The van der Waals surface area contributed by atoms with Crippen LogP contribution in [0.3, 0.4) is 0 Å². The van der Waals surface area contributed by atoms with Crippen molar-refractivity contribution in [2.75, 3.05) is 13.2 Å². The van der Waals surface area contributed by atoms with Gasteiger partial charge in [0.25, 0.3) is 0 Å². The van der Waals surface area contributed by atoms with Crippen molar-refractivity contribution >= 4 is 11.9 Å². The third kappa shape index (κ3) is 6.22. The van der Waals surface area contributed by atoms with Crippen molar-refractivity contribution in [1.82, 2.24) is 0 Å². The highest BCUT2D eigenvalue weighted by Crippen LogP contribution is 2.22. The number of ether oxygens (including phenoxy) is 2. The molecule has 0 heterocycles. The van der Waals surface area contributed by atoms with Crippen LogP contribution in [0.15, 0.2) is 11.1 Å². The lowest BCUT2D eigenvalue weighted by Crippen LogP contribution is -2.20. The summed E-state index contributed by atoms with van der Waals surface area (Å²) in [5.74, 6) is -0.834. The average molecular weight is 284 g/mol. The van der Waals surface area contributed by atoms with Crippen molar-refractivity contribution in [1.29, 1.82) is 0 Å². The topological polar surface area (TPSA) is 52.6 Å². The molecule has 0 saturated heterocycles. The first-order valence-electron chi connectivity index (χ1n) is 7.56. The molecule has 0 bridgehead atoms. The van der Waals surface area contributed by atoms with Crippen LogP contribution >= 0.6 is 0 Å². The molecule has 0 aromatic rings. The summed E-state index contributed by atoms with van der Waals surface area (Å²) >= 11 is 0. The molecule has 4 heteroatoms. The van der Waals surface area contributed by atoms with Gasteiger partial charge in [0.1, 0.15) is 0 Å². The maximum atomic E-state index is 12.2. The molecule has 0 N–H and O–H groups in total. The minimum atomic E-state index is -0.390. The third-order valence-electron chi connectivity index (χ3n) is 2.74. The van der Waals surface area contributed by atoms with E-state index in [1.54, 1.807) is 0 Å². The fraction of sp³-hybridized carbons (Fsp3) is 0.750. The van der Waals surface area contributed by atoms with E-state index in [4.69, 9.17) is 9.47 Å². The van der Waals surface area contributed by atoms with E-state index in [0.717, 1.165) is 19.3 Å². The van der Waals surface area contributed by atoms with Crippen molar-refractivity contribution in [2.45, 2.75) is 60.3 Å². The second-order valence-corrected chi connectivity index (χ2v) is 5.07. The Morgan fingerprint density at radius 1 is 0.850 bits per heavy atom. The smallest absolute Gasteiger partial charge is 0.334 e. The van der Waals surface area contributed by atoms with Gasteiger partial charge in [-0.2, -0.15) is 0 Å². The summed E-state index contributed by atoms with van der Waals surface area (Å²) in [6.07, 6.45) is 2.86. The van der Waals surface area contributed by atoms with Gasteiger partial charge in [-0.3, -0.25) is 0 Å². The van der Waals surface area contributed by atoms with Gasteiger partial charge in [0.2, 0.25) is 0 Å². The fourth-order valence-corrected chi connectivity index (χ4v) is 1.86. The molecule has 0 aliphatic heterocycles. The molecule has 20 heavy (non-hydrogen) atoms. The lowest BCUT2D eigenvalue weighted by molar-refractivity contribution is -0.143. The zero-order valence-corrected chi connectivity index (χ0v) is 13.5. The van der Waals surface area contributed by atoms with E-state index in [1.807, 2.05) is 34.6 Å². The molecule has 0 fully saturated rings. The number of hydrogen-bond acceptors (Lipinski definition) is 4. The standard InChI is InChI=1S/C16H28O4/c1-6-9-13(15(17)19-10-7-2)14(12(4)5)16(18)20-11-8-3/h12H,6-11H2,1-5H3/b14-13-. The minimum Gasteiger partial charge on any atom is -0.462 e. The van der Waals surface area contributed by atoms with Gasteiger partial charge in [-0.15, -0.1) is 0 Å². The van der Waals surface area contributed by atoms with Crippen LogP contribution in [0.25, 0.3) is 0 Å². The third-order valence-corrected chi connectivity index (χ3v) is 2.74. The van der Waals surface area contributed by atoms with Crippen molar-refractivity contribution in [3.05, 3.63) is 11.1 Å². The van der Waals surface area contributed by atoms with Crippen LogP contribution in [-0.4, -0.2) is 25.2 Å². The van der Waals surface area contributed by atoms with Gasteiger partial charge in [-0.1, -0.05) is 41.0 Å². The second-order valence-electron chi connectivity index (χ2n) is 5.07. The number of esters is 2. The molecular formula is C16H28O4. The Bertz CT molecular complexity index is 342. The molecule has 0 aliphatic carbocycles. The first-order valence-corrected chi connectivity index (χ1v) is 7.56. The van der Waals surface area contributed by atoms with Crippen LogP contribution in [-0.2, 0) is 19.1 Å². The first kappa shape index (κ1) is 18.7. The minimum absolute atomic E-state index is 0.0601. The zero-order chi connectivity index (χ0) is 15.5. The molecule has 0 aliphatic rings. The molecular weight excluding hydrogens is 256 g/mol. The molecule has 0 radical (unpaired) electrons. The SMILES string of the molecule is CCCOC(=O)/C(CCC)=C(\C(=O)OCCC)C(C)C. The predicted molar refractivity (Wildman–Crippen MR) is 79.3 cm³/mol. The summed E-state index contributed by atoms with van der Waals surface area (Å²) in [5.41, 5.74) is 0.929. The molecule has 0 rings (SSSR count). The molecule has 0 aromatic heterocycles. The number of hydrogen-bond donors (Lipinski definition) is 0. The second kappa shape index (κ2) is 10.5. The van der Waals surface area contributed by atoms with Crippen molar-refractivity contribution in [3.63, 3.8) is 0 Å². The first-order chi connectivity index (χ1) is 9.49. The van der Waals surface area contributed by atoms with Crippen LogP contribution in [0, 0.1) is 5.92 Å². The lowest BCUT2D eigenvalue weighted by atomic mass is 9.94. The monoisotopic (exact) mass is 284 g/mol. The molecule has 4 nitrogen and oxygen atoms in total. The van der Waals surface area contributed by atoms with Crippen LogP contribution in [0.2, 0.25) is 0 Å². The lowest BCUT2D eigenvalue weighted by Gasteiger charge is -2.16. The van der Waals surface area contributed by atoms with Crippen LogP contribution in [0.4, 0.5) is 0 Å². The summed E-state index contributed by atoms with van der Waals surface area (Å²) < 4.78 is 10.4. The summed E-state index contributed by atoms with van der Waals surface area (Å²) in [6, 6.07) is 0. The number of carbonyl (C=O) groups is 2. The maximum Gasteiger partial charge on any atom is 0.334 e. The molecule has 0 spiro atoms. The van der Waals surface area contributed by atoms with Gasteiger partial charge >= 0.3 is 11.9 Å². The van der Waals surface area contributed by atoms with Crippen LogP contribution in [0.5, 0.6) is 0 Å².